The maximum Gasteiger partial charge on any atom is 0.408 e. The van der Waals surface area contributed by atoms with Gasteiger partial charge in [-0.05, 0) is 80.5 Å². The van der Waals surface area contributed by atoms with Crippen LogP contribution in [0.5, 0.6) is 0 Å². The topological polar surface area (TPSA) is 129 Å². The first kappa shape index (κ1) is 43.8. The van der Waals surface area contributed by atoms with Crippen LogP contribution in [0.2, 0.25) is 0 Å². The molecule has 0 spiro atoms. The molecule has 2 atom stereocenters. The number of carbonyl (C=O) groups excluding carboxylic acids is 4. The second-order valence-electron chi connectivity index (χ2n) is 15.0. The van der Waals surface area contributed by atoms with E-state index in [4.69, 9.17) is 18.9 Å². The Morgan fingerprint density at radius 3 is 1.73 bits per heavy atom. The summed E-state index contributed by atoms with van der Waals surface area (Å²) >= 11 is 6.53. The lowest BCUT2D eigenvalue weighted by Gasteiger charge is -2.24. The van der Waals surface area contributed by atoms with Crippen molar-refractivity contribution in [2.45, 2.75) is 87.6 Å². The predicted molar refractivity (Wildman–Crippen MR) is 224 cm³/mol. The number of nitrogens with one attached hydrogen (secondary N) is 2. The number of alkyl carbamates (subject to hydrolysis) is 2. The van der Waals surface area contributed by atoms with Crippen LogP contribution in [-0.4, -0.2) is 72.1 Å². The Bertz CT molecular complexity index is 1780. The van der Waals surface area contributed by atoms with Crippen LogP contribution >= 0.6 is 39.5 Å². The van der Waals surface area contributed by atoms with E-state index in [0.29, 0.717) is 16.8 Å². The molecule has 0 fully saturated rings. The summed E-state index contributed by atoms with van der Waals surface area (Å²) in [5.74, 6) is 0.408. The maximum atomic E-state index is 13.3. The Morgan fingerprint density at radius 2 is 1.22 bits per heavy atom. The summed E-state index contributed by atoms with van der Waals surface area (Å²) in [6.07, 6.45) is 0.0764. The highest BCUT2D eigenvalue weighted by Crippen LogP contribution is 2.44. The first-order chi connectivity index (χ1) is 26.1. The third-order valence-electron chi connectivity index (χ3n) is 8.02. The van der Waals surface area contributed by atoms with Gasteiger partial charge in [0.2, 0.25) is 0 Å². The molecule has 3 aromatic rings. The summed E-state index contributed by atoms with van der Waals surface area (Å²) in [4.78, 5) is 51.7. The number of carbonyl (C=O) groups is 4. The smallest absolute Gasteiger partial charge is 0.408 e. The molecule has 0 saturated heterocycles. The van der Waals surface area contributed by atoms with Crippen molar-refractivity contribution in [3.8, 4) is 11.1 Å². The molecule has 0 bridgehead atoms. The number of halogens is 1. The molecule has 0 radical (unpaired) electrons. The van der Waals surface area contributed by atoms with E-state index < -0.39 is 47.4 Å². The SMILES string of the molecule is C=CCOC(=O)[C@H](CSCc1cc(CBr)cc(CSC[C@H](NC(=O)OCC2c3ccccc3-c3ccccc32)C(=O)OC(C)(C)C)c1)NC(=O)OC(C)(C)C. The fourth-order valence-corrected chi connectivity index (χ4v) is 8.13. The van der Waals surface area contributed by atoms with Gasteiger partial charge in [-0.25, -0.2) is 19.2 Å². The van der Waals surface area contributed by atoms with Gasteiger partial charge in [0.25, 0.3) is 0 Å². The largest absolute Gasteiger partial charge is 0.460 e. The van der Waals surface area contributed by atoms with Crippen molar-refractivity contribution in [1.29, 1.82) is 0 Å². The van der Waals surface area contributed by atoms with Gasteiger partial charge in [0.1, 0.15) is 36.5 Å². The zero-order valence-electron chi connectivity index (χ0n) is 32.3. The second-order valence-corrected chi connectivity index (χ2v) is 17.6. The predicted octanol–water partition coefficient (Wildman–Crippen LogP) is 8.92. The zero-order valence-corrected chi connectivity index (χ0v) is 35.5. The van der Waals surface area contributed by atoms with Crippen LogP contribution in [-0.2, 0) is 45.4 Å². The molecular weight excluding hydrogens is 805 g/mol. The minimum absolute atomic E-state index is 0.0281. The van der Waals surface area contributed by atoms with Crippen LogP contribution in [0.4, 0.5) is 9.59 Å². The molecule has 0 unspecified atom stereocenters. The Labute approximate surface area is 341 Å². The van der Waals surface area contributed by atoms with Gasteiger partial charge in [-0.3, -0.25) is 0 Å². The fraction of sp³-hybridized carbons (Fsp3) is 0.429. The average molecular weight is 856 g/mol. The van der Waals surface area contributed by atoms with Crippen LogP contribution in [0.1, 0.15) is 75.3 Å². The van der Waals surface area contributed by atoms with Crippen molar-refractivity contribution in [2.75, 3.05) is 24.7 Å². The normalized spacial score (nSPS) is 13.4. The number of esters is 2. The van der Waals surface area contributed by atoms with Crippen molar-refractivity contribution >= 4 is 63.6 Å². The van der Waals surface area contributed by atoms with E-state index in [2.05, 4.69) is 75.6 Å². The van der Waals surface area contributed by atoms with Gasteiger partial charge in [-0.15, -0.1) is 0 Å². The summed E-state index contributed by atoms with van der Waals surface area (Å²) in [7, 11) is 0. The molecule has 296 valence electrons. The Balaban J connectivity index is 1.37. The van der Waals surface area contributed by atoms with Gasteiger partial charge >= 0.3 is 24.1 Å². The Hall–Kier alpha value is -3.94. The molecule has 55 heavy (non-hydrogen) atoms. The summed E-state index contributed by atoms with van der Waals surface area (Å²) in [6, 6.07) is 20.6. The van der Waals surface area contributed by atoms with Crippen molar-refractivity contribution in [2.24, 2.45) is 0 Å². The standard InChI is InChI=1S/C42H51BrN2O8S2/c1-8-17-50-37(46)35(45-40(49)53-42(5,6)7)25-54-23-28-18-27(21-43)19-29(20-28)24-55-26-36(38(47)52-41(2,3)4)44-39(48)51-22-34-32-15-11-9-13-30(32)31-14-10-12-16-33(31)34/h8-16,18-20,34-36H,1,17,21-26H2,2-7H3,(H,44,48)(H,45,49)/t35-,36-/m0/s1. The van der Waals surface area contributed by atoms with Gasteiger partial charge in [0, 0.05) is 34.3 Å². The monoisotopic (exact) mass is 854 g/mol. The lowest BCUT2D eigenvalue weighted by molar-refractivity contribution is -0.156. The molecule has 4 rings (SSSR count). The Morgan fingerprint density at radius 1 is 0.727 bits per heavy atom. The summed E-state index contributed by atoms with van der Waals surface area (Å²) in [5, 5.41) is 6.03. The molecule has 2 amide bonds. The summed E-state index contributed by atoms with van der Waals surface area (Å²) in [5.41, 5.74) is 6.09. The molecule has 1 aliphatic carbocycles. The number of alkyl halides is 1. The van der Waals surface area contributed by atoms with Crippen LogP contribution in [0.25, 0.3) is 11.1 Å². The van der Waals surface area contributed by atoms with E-state index in [1.807, 2.05) is 24.3 Å². The van der Waals surface area contributed by atoms with Crippen molar-refractivity contribution in [1.82, 2.24) is 10.6 Å². The van der Waals surface area contributed by atoms with Crippen LogP contribution in [0.15, 0.2) is 79.4 Å². The van der Waals surface area contributed by atoms with E-state index in [1.165, 1.54) is 29.6 Å². The van der Waals surface area contributed by atoms with Crippen molar-refractivity contribution < 1.29 is 38.1 Å². The minimum atomic E-state index is -0.940. The number of fused-ring (bicyclic) bond motifs is 3. The van der Waals surface area contributed by atoms with E-state index in [1.54, 1.807) is 41.5 Å². The van der Waals surface area contributed by atoms with E-state index in [0.717, 1.165) is 38.9 Å². The number of hydrogen-bond donors (Lipinski definition) is 2. The van der Waals surface area contributed by atoms with Crippen molar-refractivity contribution in [3.05, 3.63) is 107 Å². The highest BCUT2D eigenvalue weighted by Gasteiger charge is 2.31. The van der Waals surface area contributed by atoms with E-state index >= 15 is 0 Å². The first-order valence-corrected chi connectivity index (χ1v) is 21.4. The third-order valence-corrected chi connectivity index (χ3v) is 10.9. The lowest BCUT2D eigenvalue weighted by atomic mass is 9.98. The van der Waals surface area contributed by atoms with Crippen LogP contribution in [0, 0.1) is 0 Å². The average Bonchev–Trinajstić information content (AvgIpc) is 3.44. The van der Waals surface area contributed by atoms with Gasteiger partial charge in [0.05, 0.1) is 0 Å². The maximum absolute atomic E-state index is 13.3. The first-order valence-electron chi connectivity index (χ1n) is 18.0. The lowest BCUT2D eigenvalue weighted by Crippen LogP contribution is -2.46. The number of hydrogen-bond acceptors (Lipinski definition) is 10. The molecule has 0 aromatic heterocycles. The molecule has 1 aliphatic rings. The summed E-state index contributed by atoms with van der Waals surface area (Å²) < 4.78 is 22.0. The van der Waals surface area contributed by atoms with Gasteiger partial charge in [0.15, 0.2) is 0 Å². The third kappa shape index (κ3) is 13.9. The number of amides is 2. The quantitative estimate of drug-likeness (QED) is 0.0588. The van der Waals surface area contributed by atoms with E-state index in [9.17, 15) is 19.2 Å². The van der Waals surface area contributed by atoms with Gasteiger partial charge < -0.3 is 29.6 Å². The molecule has 10 nitrogen and oxygen atoms in total. The molecule has 0 heterocycles. The van der Waals surface area contributed by atoms with E-state index in [-0.39, 0.29) is 30.6 Å². The molecular formula is C42H51BrN2O8S2. The second kappa shape index (κ2) is 20.3. The molecule has 0 saturated carbocycles. The Kier molecular flexibility index (Phi) is 16.2. The van der Waals surface area contributed by atoms with Gasteiger partial charge in [-0.2, -0.15) is 23.5 Å². The molecule has 2 N–H and O–H groups in total. The number of ether oxygens (including phenoxy) is 4. The number of benzene rings is 3. The van der Waals surface area contributed by atoms with Crippen LogP contribution in [0.3, 0.4) is 0 Å². The zero-order chi connectivity index (χ0) is 40.2. The fourth-order valence-electron chi connectivity index (χ4n) is 5.86. The molecule has 0 aliphatic heterocycles. The summed E-state index contributed by atoms with van der Waals surface area (Å²) in [6.45, 7) is 14.3. The van der Waals surface area contributed by atoms with Gasteiger partial charge in [-0.1, -0.05) is 95.3 Å². The highest BCUT2D eigenvalue weighted by molar-refractivity contribution is 9.08. The van der Waals surface area contributed by atoms with Crippen molar-refractivity contribution in [3.63, 3.8) is 0 Å². The highest BCUT2D eigenvalue weighted by atomic mass is 79.9. The molecule has 13 heteroatoms. The molecule has 3 aromatic carbocycles. The van der Waals surface area contributed by atoms with Crippen LogP contribution < -0.4 is 10.6 Å². The number of rotatable bonds is 17. The number of thioether (sulfide) groups is 2. The minimum Gasteiger partial charge on any atom is -0.460 e.